The number of methoxy groups -OCH3 is 1. The number of aromatic amines is 1. The molecule has 3 aromatic rings. The Kier molecular flexibility index (Phi) is 3.76. The van der Waals surface area contributed by atoms with Crippen LogP contribution in [0.3, 0.4) is 0 Å². The third kappa shape index (κ3) is 2.46. The molecule has 0 spiro atoms. The van der Waals surface area contributed by atoms with E-state index in [9.17, 15) is 4.79 Å². The fourth-order valence-corrected chi connectivity index (χ4v) is 3.69. The molecule has 1 aromatic carbocycles. The second kappa shape index (κ2) is 6.07. The van der Waals surface area contributed by atoms with Gasteiger partial charge in [0.05, 0.1) is 24.4 Å². The minimum absolute atomic E-state index is 0.259. The van der Waals surface area contributed by atoms with Crippen molar-refractivity contribution in [1.29, 1.82) is 0 Å². The molecule has 1 saturated carbocycles. The summed E-state index contributed by atoms with van der Waals surface area (Å²) in [5, 5.41) is 7.10. The van der Waals surface area contributed by atoms with Crippen LogP contribution in [0.2, 0.25) is 0 Å². The van der Waals surface area contributed by atoms with Crippen LogP contribution >= 0.6 is 0 Å². The number of esters is 1. The van der Waals surface area contributed by atoms with Crippen molar-refractivity contribution in [2.24, 2.45) is 0 Å². The number of fused-ring (bicyclic) bond motifs is 1. The van der Waals surface area contributed by atoms with E-state index in [-0.39, 0.29) is 5.97 Å². The van der Waals surface area contributed by atoms with Crippen LogP contribution in [-0.2, 0) is 4.74 Å². The van der Waals surface area contributed by atoms with Crippen LogP contribution in [0.5, 0.6) is 0 Å². The van der Waals surface area contributed by atoms with Crippen molar-refractivity contribution in [2.75, 3.05) is 7.11 Å². The maximum Gasteiger partial charge on any atom is 0.338 e. The van der Waals surface area contributed by atoms with Crippen LogP contribution in [0.1, 0.15) is 47.5 Å². The van der Waals surface area contributed by atoms with Gasteiger partial charge in [0, 0.05) is 11.8 Å². The van der Waals surface area contributed by atoms with Crippen LogP contribution in [0.15, 0.2) is 36.7 Å². The summed E-state index contributed by atoms with van der Waals surface area (Å²) in [5.74, 6) is 0.169. The topological polar surface area (TPSA) is 67.9 Å². The Labute approximate surface area is 140 Å². The van der Waals surface area contributed by atoms with E-state index in [4.69, 9.17) is 4.74 Å². The summed E-state index contributed by atoms with van der Waals surface area (Å²) in [4.78, 5) is 16.5. The molecular formula is C19H19N3O2. The number of carbonyl (C=O) groups excluding carboxylic acids is 1. The standard InChI is InChI=1S/C19H19N3O2/c1-24-19(23)15-7-6-13(10-16(15)12-4-2-3-5-12)14-8-9-20-17-11-21-22-18(14)17/h6-12H,2-5H2,1H3,(H,21,22). The maximum absolute atomic E-state index is 12.2. The van der Waals surface area contributed by atoms with Gasteiger partial charge >= 0.3 is 5.97 Å². The number of hydrogen-bond acceptors (Lipinski definition) is 4. The van der Waals surface area contributed by atoms with Gasteiger partial charge in [-0.3, -0.25) is 10.1 Å². The van der Waals surface area contributed by atoms with Gasteiger partial charge in [-0.05, 0) is 48.1 Å². The zero-order valence-corrected chi connectivity index (χ0v) is 13.6. The second-order valence-electron chi connectivity index (χ2n) is 6.26. The highest BCUT2D eigenvalue weighted by molar-refractivity contribution is 5.94. The van der Waals surface area contributed by atoms with E-state index < -0.39 is 0 Å². The summed E-state index contributed by atoms with van der Waals surface area (Å²) in [6, 6.07) is 7.97. The van der Waals surface area contributed by atoms with E-state index in [0.29, 0.717) is 11.5 Å². The lowest BCUT2D eigenvalue weighted by molar-refractivity contribution is 0.0599. The molecule has 0 saturated heterocycles. The molecule has 0 radical (unpaired) electrons. The van der Waals surface area contributed by atoms with Crippen LogP contribution < -0.4 is 0 Å². The lowest BCUT2D eigenvalue weighted by Gasteiger charge is -2.16. The summed E-state index contributed by atoms with van der Waals surface area (Å²) in [5.41, 5.74) is 5.66. The number of aromatic nitrogens is 3. The maximum atomic E-state index is 12.2. The SMILES string of the molecule is COC(=O)c1ccc(-c2ccnc3cn[nH]c23)cc1C1CCCC1. The van der Waals surface area contributed by atoms with Gasteiger partial charge in [0.2, 0.25) is 0 Å². The molecule has 0 bridgehead atoms. The Bertz CT molecular complexity index is 895. The Morgan fingerprint density at radius 1 is 1.25 bits per heavy atom. The van der Waals surface area contributed by atoms with E-state index >= 15 is 0 Å². The number of nitrogens with zero attached hydrogens (tertiary/aromatic N) is 2. The number of rotatable bonds is 3. The number of nitrogens with one attached hydrogen (secondary N) is 1. The van der Waals surface area contributed by atoms with E-state index in [1.165, 1.54) is 20.0 Å². The van der Waals surface area contributed by atoms with E-state index in [2.05, 4.69) is 21.2 Å². The fourth-order valence-electron chi connectivity index (χ4n) is 3.69. The van der Waals surface area contributed by atoms with E-state index in [0.717, 1.165) is 40.6 Å². The second-order valence-corrected chi connectivity index (χ2v) is 6.26. The third-order valence-corrected chi connectivity index (χ3v) is 4.91. The lowest BCUT2D eigenvalue weighted by atomic mass is 9.89. The molecule has 0 aliphatic heterocycles. The predicted octanol–water partition coefficient (Wildman–Crippen LogP) is 4.07. The molecular weight excluding hydrogens is 302 g/mol. The summed E-state index contributed by atoms with van der Waals surface area (Å²) in [7, 11) is 1.44. The van der Waals surface area contributed by atoms with E-state index in [1.807, 2.05) is 18.2 Å². The van der Waals surface area contributed by atoms with Crippen LogP contribution in [0.25, 0.3) is 22.2 Å². The molecule has 1 aliphatic carbocycles. The van der Waals surface area contributed by atoms with Crippen LogP contribution in [-0.4, -0.2) is 28.3 Å². The molecule has 2 heterocycles. The molecule has 122 valence electrons. The molecule has 1 N–H and O–H groups in total. The first-order valence-electron chi connectivity index (χ1n) is 8.28. The minimum Gasteiger partial charge on any atom is -0.465 e. The van der Waals surface area contributed by atoms with Crippen molar-refractivity contribution in [3.05, 3.63) is 47.8 Å². The number of hydrogen-bond donors (Lipinski definition) is 1. The van der Waals surface area contributed by atoms with Crippen LogP contribution in [0.4, 0.5) is 0 Å². The molecule has 24 heavy (non-hydrogen) atoms. The number of H-pyrrole nitrogens is 1. The average Bonchev–Trinajstić information content (AvgIpc) is 3.31. The van der Waals surface area contributed by atoms with Gasteiger partial charge in [-0.2, -0.15) is 5.10 Å². The van der Waals surface area contributed by atoms with E-state index in [1.54, 1.807) is 12.4 Å². The average molecular weight is 321 g/mol. The Hall–Kier alpha value is -2.69. The Morgan fingerprint density at radius 2 is 2.08 bits per heavy atom. The Balaban J connectivity index is 1.86. The summed E-state index contributed by atoms with van der Waals surface area (Å²) in [6.07, 6.45) is 8.20. The molecule has 0 amide bonds. The summed E-state index contributed by atoms with van der Waals surface area (Å²) >= 11 is 0. The highest BCUT2D eigenvalue weighted by atomic mass is 16.5. The first-order valence-corrected chi connectivity index (χ1v) is 8.28. The molecule has 0 unspecified atom stereocenters. The van der Waals surface area contributed by atoms with Gasteiger partial charge in [0.1, 0.15) is 5.52 Å². The fraction of sp³-hybridized carbons (Fsp3) is 0.316. The zero-order chi connectivity index (χ0) is 16.5. The zero-order valence-electron chi connectivity index (χ0n) is 13.6. The summed E-state index contributed by atoms with van der Waals surface area (Å²) < 4.78 is 4.97. The quantitative estimate of drug-likeness (QED) is 0.738. The number of pyridine rings is 1. The van der Waals surface area contributed by atoms with Gasteiger partial charge in [-0.15, -0.1) is 0 Å². The number of ether oxygens (including phenoxy) is 1. The van der Waals surface area contributed by atoms with Gasteiger partial charge in [0.25, 0.3) is 0 Å². The third-order valence-electron chi connectivity index (χ3n) is 4.91. The van der Waals surface area contributed by atoms with Crippen molar-refractivity contribution in [1.82, 2.24) is 15.2 Å². The largest absolute Gasteiger partial charge is 0.465 e. The van der Waals surface area contributed by atoms with Gasteiger partial charge in [-0.1, -0.05) is 18.9 Å². The Morgan fingerprint density at radius 3 is 2.88 bits per heavy atom. The highest BCUT2D eigenvalue weighted by Gasteiger charge is 2.24. The van der Waals surface area contributed by atoms with Crippen molar-refractivity contribution >= 4 is 17.0 Å². The minimum atomic E-state index is -0.259. The van der Waals surface area contributed by atoms with Crippen molar-refractivity contribution in [3.63, 3.8) is 0 Å². The molecule has 5 heteroatoms. The molecule has 1 aliphatic rings. The molecule has 1 fully saturated rings. The van der Waals surface area contributed by atoms with Gasteiger partial charge < -0.3 is 4.74 Å². The van der Waals surface area contributed by atoms with Crippen LogP contribution in [0, 0.1) is 0 Å². The first kappa shape index (κ1) is 14.9. The monoisotopic (exact) mass is 321 g/mol. The van der Waals surface area contributed by atoms with Crippen molar-refractivity contribution in [2.45, 2.75) is 31.6 Å². The predicted molar refractivity (Wildman–Crippen MR) is 91.9 cm³/mol. The highest BCUT2D eigenvalue weighted by Crippen LogP contribution is 2.38. The first-order chi connectivity index (χ1) is 11.8. The smallest absolute Gasteiger partial charge is 0.338 e. The molecule has 0 atom stereocenters. The normalized spacial score (nSPS) is 15.0. The molecule has 2 aromatic heterocycles. The van der Waals surface area contributed by atoms with Gasteiger partial charge in [0.15, 0.2) is 0 Å². The summed E-state index contributed by atoms with van der Waals surface area (Å²) in [6.45, 7) is 0. The van der Waals surface area contributed by atoms with Crippen molar-refractivity contribution < 1.29 is 9.53 Å². The number of carbonyl (C=O) groups is 1. The van der Waals surface area contributed by atoms with Crippen molar-refractivity contribution in [3.8, 4) is 11.1 Å². The van der Waals surface area contributed by atoms with Gasteiger partial charge in [-0.25, -0.2) is 4.79 Å². The lowest BCUT2D eigenvalue weighted by Crippen LogP contribution is -2.08. The molecule has 4 rings (SSSR count). The number of benzene rings is 1. The molecule has 5 nitrogen and oxygen atoms in total.